The molecule has 0 aliphatic carbocycles. The lowest BCUT2D eigenvalue weighted by Crippen LogP contribution is -2.52. The minimum Gasteiger partial charge on any atom is -0.354 e. The Bertz CT molecular complexity index is 1050. The first-order valence-corrected chi connectivity index (χ1v) is 9.01. The molecule has 1 saturated heterocycles. The van der Waals surface area contributed by atoms with E-state index in [9.17, 15) is 9.59 Å². The standard InChI is InChI=1S/C21H23N3O2/c1-21(9-11-24(2)12-10-21)23-20(26)14-7-8-16-18(13-14)22-17-6-4-3-5-15(17)19(16)25/h3-8,13H,9-12H2,1-2H3,(H,22,25)(H,23,26). The van der Waals surface area contributed by atoms with E-state index in [1.54, 1.807) is 18.2 Å². The number of aromatic nitrogens is 1. The van der Waals surface area contributed by atoms with Crippen LogP contribution in [0.2, 0.25) is 0 Å². The second kappa shape index (κ2) is 6.25. The molecule has 5 nitrogen and oxygen atoms in total. The Kier molecular flexibility index (Phi) is 4.04. The largest absolute Gasteiger partial charge is 0.354 e. The van der Waals surface area contributed by atoms with Gasteiger partial charge in [0.2, 0.25) is 0 Å². The highest BCUT2D eigenvalue weighted by Gasteiger charge is 2.30. The molecule has 1 aliphatic rings. The number of carbonyl (C=O) groups is 1. The van der Waals surface area contributed by atoms with Crippen molar-refractivity contribution >= 4 is 27.7 Å². The minimum absolute atomic E-state index is 0.0106. The maximum absolute atomic E-state index is 12.8. The number of likely N-dealkylation sites (tertiary alicyclic amines) is 1. The average Bonchev–Trinajstić information content (AvgIpc) is 2.64. The van der Waals surface area contributed by atoms with Crippen LogP contribution in [-0.4, -0.2) is 41.5 Å². The van der Waals surface area contributed by atoms with Crippen LogP contribution in [-0.2, 0) is 0 Å². The number of amides is 1. The van der Waals surface area contributed by atoms with Gasteiger partial charge in [0.15, 0.2) is 5.43 Å². The summed E-state index contributed by atoms with van der Waals surface area (Å²) in [5.74, 6) is -0.0899. The number of rotatable bonds is 2. The molecule has 1 fully saturated rings. The molecular formula is C21H23N3O2. The average molecular weight is 349 g/mol. The molecule has 0 radical (unpaired) electrons. The summed E-state index contributed by atoms with van der Waals surface area (Å²) in [5, 5.41) is 4.46. The molecule has 1 aliphatic heterocycles. The first-order chi connectivity index (χ1) is 12.5. The van der Waals surface area contributed by atoms with E-state index in [0.717, 1.165) is 31.4 Å². The van der Waals surface area contributed by atoms with Gasteiger partial charge >= 0.3 is 0 Å². The number of nitrogens with one attached hydrogen (secondary N) is 2. The molecule has 2 N–H and O–H groups in total. The van der Waals surface area contributed by atoms with Gasteiger partial charge in [0.05, 0.1) is 5.52 Å². The van der Waals surface area contributed by atoms with Gasteiger partial charge in [-0.3, -0.25) is 9.59 Å². The van der Waals surface area contributed by atoms with E-state index in [1.165, 1.54) is 0 Å². The van der Waals surface area contributed by atoms with Crippen LogP contribution >= 0.6 is 0 Å². The van der Waals surface area contributed by atoms with E-state index in [4.69, 9.17) is 0 Å². The van der Waals surface area contributed by atoms with Crippen molar-refractivity contribution in [3.63, 3.8) is 0 Å². The molecular weight excluding hydrogens is 326 g/mol. The van der Waals surface area contributed by atoms with Crippen LogP contribution in [0.15, 0.2) is 47.3 Å². The third-order valence-electron chi connectivity index (χ3n) is 5.47. The molecule has 0 atom stereocenters. The van der Waals surface area contributed by atoms with Gasteiger partial charge < -0.3 is 15.2 Å². The summed E-state index contributed by atoms with van der Waals surface area (Å²) in [5.41, 5.74) is 1.85. The molecule has 2 aromatic carbocycles. The topological polar surface area (TPSA) is 65.2 Å². The van der Waals surface area contributed by atoms with Crippen LogP contribution < -0.4 is 10.7 Å². The number of piperidine rings is 1. The summed E-state index contributed by atoms with van der Waals surface area (Å²) >= 11 is 0. The van der Waals surface area contributed by atoms with Gasteiger partial charge in [0.25, 0.3) is 5.91 Å². The fourth-order valence-electron chi connectivity index (χ4n) is 3.65. The Balaban J connectivity index is 1.68. The number of hydrogen-bond donors (Lipinski definition) is 2. The van der Waals surface area contributed by atoms with E-state index < -0.39 is 0 Å². The van der Waals surface area contributed by atoms with Gasteiger partial charge in [-0.05, 0) is 57.1 Å². The lowest BCUT2D eigenvalue weighted by atomic mass is 9.89. The Morgan fingerprint density at radius 2 is 1.77 bits per heavy atom. The molecule has 134 valence electrons. The normalized spacial score (nSPS) is 17.5. The smallest absolute Gasteiger partial charge is 0.251 e. The number of H-pyrrole nitrogens is 1. The van der Waals surface area contributed by atoms with Crippen molar-refractivity contribution in [1.29, 1.82) is 0 Å². The number of carbonyl (C=O) groups excluding carboxylic acids is 1. The summed E-state index contributed by atoms with van der Waals surface area (Å²) in [4.78, 5) is 31.0. The van der Waals surface area contributed by atoms with Crippen molar-refractivity contribution < 1.29 is 4.79 Å². The second-order valence-corrected chi connectivity index (χ2v) is 7.58. The summed E-state index contributed by atoms with van der Waals surface area (Å²) in [6.07, 6.45) is 1.87. The Morgan fingerprint density at radius 1 is 1.08 bits per heavy atom. The van der Waals surface area contributed by atoms with Crippen LogP contribution in [0.25, 0.3) is 21.8 Å². The van der Waals surface area contributed by atoms with Crippen molar-refractivity contribution in [2.45, 2.75) is 25.3 Å². The predicted molar refractivity (Wildman–Crippen MR) is 105 cm³/mol. The SMILES string of the molecule is CN1CCC(C)(NC(=O)c2ccc3c(=O)c4ccccc4[nH]c3c2)CC1. The number of para-hydroxylation sites is 1. The Hall–Kier alpha value is -2.66. The second-order valence-electron chi connectivity index (χ2n) is 7.58. The van der Waals surface area contributed by atoms with Crippen molar-refractivity contribution in [1.82, 2.24) is 15.2 Å². The molecule has 4 rings (SSSR count). The fourth-order valence-corrected chi connectivity index (χ4v) is 3.65. The van der Waals surface area contributed by atoms with E-state index in [1.807, 2.05) is 24.3 Å². The highest BCUT2D eigenvalue weighted by molar-refractivity contribution is 6.00. The zero-order valence-electron chi connectivity index (χ0n) is 15.1. The van der Waals surface area contributed by atoms with Gasteiger partial charge in [-0.15, -0.1) is 0 Å². The highest BCUT2D eigenvalue weighted by atomic mass is 16.1. The number of hydrogen-bond acceptors (Lipinski definition) is 3. The summed E-state index contributed by atoms with van der Waals surface area (Å²) in [6, 6.07) is 12.7. The molecule has 2 heterocycles. The monoisotopic (exact) mass is 349 g/mol. The van der Waals surface area contributed by atoms with E-state index >= 15 is 0 Å². The van der Waals surface area contributed by atoms with Crippen LogP contribution in [0.4, 0.5) is 0 Å². The molecule has 3 aromatic rings. The first kappa shape index (κ1) is 16.8. The van der Waals surface area contributed by atoms with E-state index in [-0.39, 0.29) is 16.9 Å². The molecule has 1 amide bonds. The van der Waals surface area contributed by atoms with Crippen molar-refractivity contribution in [3.05, 3.63) is 58.3 Å². The highest BCUT2D eigenvalue weighted by Crippen LogP contribution is 2.22. The zero-order chi connectivity index (χ0) is 18.3. The molecule has 0 unspecified atom stereocenters. The summed E-state index contributed by atoms with van der Waals surface area (Å²) in [6.45, 7) is 4.07. The van der Waals surface area contributed by atoms with Gasteiger partial charge in [0.1, 0.15) is 0 Å². The number of fused-ring (bicyclic) bond motifs is 2. The fraction of sp³-hybridized carbons (Fsp3) is 0.333. The lowest BCUT2D eigenvalue weighted by molar-refractivity contribution is 0.0852. The number of pyridine rings is 1. The van der Waals surface area contributed by atoms with Crippen LogP contribution in [0.1, 0.15) is 30.1 Å². The van der Waals surface area contributed by atoms with Crippen molar-refractivity contribution in [2.75, 3.05) is 20.1 Å². The van der Waals surface area contributed by atoms with E-state index in [2.05, 4.69) is 29.2 Å². The Morgan fingerprint density at radius 3 is 2.54 bits per heavy atom. The molecule has 0 spiro atoms. The summed E-state index contributed by atoms with van der Waals surface area (Å²) < 4.78 is 0. The van der Waals surface area contributed by atoms with Gasteiger partial charge in [-0.2, -0.15) is 0 Å². The number of aromatic amines is 1. The third kappa shape index (κ3) is 2.99. The van der Waals surface area contributed by atoms with Crippen LogP contribution in [0, 0.1) is 0 Å². The molecule has 0 saturated carbocycles. The first-order valence-electron chi connectivity index (χ1n) is 9.01. The van der Waals surface area contributed by atoms with Gasteiger partial charge in [-0.1, -0.05) is 12.1 Å². The maximum Gasteiger partial charge on any atom is 0.251 e. The van der Waals surface area contributed by atoms with Crippen molar-refractivity contribution in [2.24, 2.45) is 0 Å². The third-order valence-corrected chi connectivity index (χ3v) is 5.47. The maximum atomic E-state index is 12.8. The predicted octanol–water partition coefficient (Wildman–Crippen LogP) is 2.90. The molecule has 26 heavy (non-hydrogen) atoms. The minimum atomic E-state index is -0.185. The van der Waals surface area contributed by atoms with Crippen LogP contribution in [0.3, 0.4) is 0 Å². The number of nitrogens with zero attached hydrogens (tertiary/aromatic N) is 1. The van der Waals surface area contributed by atoms with E-state index in [0.29, 0.717) is 21.9 Å². The van der Waals surface area contributed by atoms with Crippen LogP contribution in [0.5, 0.6) is 0 Å². The zero-order valence-corrected chi connectivity index (χ0v) is 15.1. The summed E-state index contributed by atoms with van der Waals surface area (Å²) in [7, 11) is 2.10. The molecule has 0 bridgehead atoms. The van der Waals surface area contributed by atoms with Crippen molar-refractivity contribution in [3.8, 4) is 0 Å². The Labute approximate surface area is 152 Å². The molecule has 1 aromatic heterocycles. The van der Waals surface area contributed by atoms with Gasteiger partial charge in [-0.25, -0.2) is 0 Å². The lowest BCUT2D eigenvalue weighted by Gasteiger charge is -2.38. The molecule has 5 heteroatoms. The quantitative estimate of drug-likeness (QED) is 0.699. The number of benzene rings is 2. The van der Waals surface area contributed by atoms with Gasteiger partial charge in [0, 0.05) is 40.5 Å².